The predicted octanol–water partition coefficient (Wildman–Crippen LogP) is 2.82. The Kier molecular flexibility index (Phi) is 6.10. The van der Waals surface area contributed by atoms with Gasteiger partial charge in [-0.2, -0.15) is 0 Å². The molecule has 1 saturated heterocycles. The highest BCUT2D eigenvalue weighted by atomic mass is 15.3. The Hall–Kier alpha value is -0.120. The van der Waals surface area contributed by atoms with E-state index in [4.69, 9.17) is 0 Å². The molecule has 0 spiro atoms. The van der Waals surface area contributed by atoms with Crippen molar-refractivity contribution in [2.24, 2.45) is 11.3 Å². The molecule has 1 aliphatic carbocycles. The van der Waals surface area contributed by atoms with Crippen LogP contribution in [-0.4, -0.2) is 61.7 Å². The summed E-state index contributed by atoms with van der Waals surface area (Å²) < 4.78 is 0. The summed E-state index contributed by atoms with van der Waals surface area (Å²) in [5, 5.41) is 3.89. The molecule has 0 aromatic carbocycles. The van der Waals surface area contributed by atoms with Crippen molar-refractivity contribution < 1.29 is 0 Å². The first-order valence-electron chi connectivity index (χ1n) is 9.03. The highest BCUT2D eigenvalue weighted by Gasteiger charge is 2.29. The van der Waals surface area contributed by atoms with Crippen LogP contribution in [0.25, 0.3) is 0 Å². The van der Waals surface area contributed by atoms with Gasteiger partial charge in [0.05, 0.1) is 0 Å². The van der Waals surface area contributed by atoms with E-state index < -0.39 is 0 Å². The van der Waals surface area contributed by atoms with E-state index in [2.05, 4.69) is 49.9 Å². The monoisotopic (exact) mass is 295 g/mol. The lowest BCUT2D eigenvalue weighted by Gasteiger charge is -2.41. The molecule has 0 amide bonds. The van der Waals surface area contributed by atoms with Gasteiger partial charge in [-0.1, -0.05) is 27.7 Å². The molecule has 0 aromatic heterocycles. The number of nitrogens with one attached hydrogen (secondary N) is 1. The van der Waals surface area contributed by atoms with Gasteiger partial charge >= 0.3 is 0 Å². The minimum absolute atomic E-state index is 0.576. The van der Waals surface area contributed by atoms with Gasteiger partial charge in [0.2, 0.25) is 0 Å². The maximum Gasteiger partial charge on any atom is 0.0244 e. The third-order valence-corrected chi connectivity index (χ3v) is 5.73. The molecule has 3 nitrogen and oxygen atoms in total. The van der Waals surface area contributed by atoms with Gasteiger partial charge in [-0.3, -0.25) is 4.90 Å². The van der Waals surface area contributed by atoms with Crippen LogP contribution in [0.4, 0.5) is 0 Å². The highest BCUT2D eigenvalue weighted by molar-refractivity contribution is 4.86. The molecule has 0 radical (unpaired) electrons. The molecule has 1 heterocycles. The van der Waals surface area contributed by atoms with Gasteiger partial charge in [-0.25, -0.2) is 0 Å². The van der Waals surface area contributed by atoms with Crippen molar-refractivity contribution in [1.82, 2.24) is 15.1 Å². The van der Waals surface area contributed by atoms with E-state index in [1.807, 2.05) is 0 Å². The Morgan fingerprint density at radius 3 is 2.14 bits per heavy atom. The molecule has 2 aliphatic rings. The molecular weight excluding hydrogens is 258 g/mol. The van der Waals surface area contributed by atoms with Crippen LogP contribution in [0.15, 0.2) is 0 Å². The Bertz CT molecular complexity index is 296. The quantitative estimate of drug-likeness (QED) is 0.841. The first kappa shape index (κ1) is 17.2. The fraction of sp³-hybridized carbons (Fsp3) is 1.00. The maximum absolute atomic E-state index is 3.89. The minimum Gasteiger partial charge on any atom is -0.312 e. The summed E-state index contributed by atoms with van der Waals surface area (Å²) in [7, 11) is 2.24. The highest BCUT2D eigenvalue weighted by Crippen LogP contribution is 2.35. The fourth-order valence-corrected chi connectivity index (χ4v) is 3.83. The summed E-state index contributed by atoms with van der Waals surface area (Å²) >= 11 is 0. The van der Waals surface area contributed by atoms with E-state index in [1.54, 1.807) is 0 Å². The van der Waals surface area contributed by atoms with Crippen LogP contribution in [0.1, 0.15) is 53.4 Å². The summed E-state index contributed by atoms with van der Waals surface area (Å²) in [6.45, 7) is 15.7. The summed E-state index contributed by atoms with van der Waals surface area (Å²) in [6, 6.07) is 1.46. The van der Waals surface area contributed by atoms with Crippen LogP contribution in [-0.2, 0) is 0 Å². The zero-order valence-corrected chi connectivity index (χ0v) is 15.0. The Morgan fingerprint density at radius 2 is 1.62 bits per heavy atom. The van der Waals surface area contributed by atoms with Crippen molar-refractivity contribution in [3.05, 3.63) is 0 Å². The van der Waals surface area contributed by atoms with Crippen molar-refractivity contribution in [3.8, 4) is 0 Å². The SMILES string of the molecule is CC(C)C(CNC1CCC(C)(C)CC1)N1CCN(C)CC1. The van der Waals surface area contributed by atoms with Gasteiger partial charge in [0.15, 0.2) is 0 Å². The van der Waals surface area contributed by atoms with Crippen molar-refractivity contribution in [1.29, 1.82) is 0 Å². The van der Waals surface area contributed by atoms with Crippen molar-refractivity contribution in [2.45, 2.75) is 65.5 Å². The second kappa shape index (κ2) is 7.43. The Morgan fingerprint density at radius 1 is 1.05 bits per heavy atom. The summed E-state index contributed by atoms with van der Waals surface area (Å²) in [5.74, 6) is 0.737. The Labute approximate surface area is 132 Å². The van der Waals surface area contributed by atoms with Gasteiger partial charge < -0.3 is 10.2 Å². The largest absolute Gasteiger partial charge is 0.312 e. The number of likely N-dealkylation sites (N-methyl/N-ethyl adjacent to an activating group) is 1. The molecule has 2 rings (SSSR count). The van der Waals surface area contributed by atoms with Crippen molar-refractivity contribution in [3.63, 3.8) is 0 Å². The van der Waals surface area contributed by atoms with Gasteiger partial charge in [-0.15, -0.1) is 0 Å². The minimum atomic E-state index is 0.576. The van der Waals surface area contributed by atoms with Crippen LogP contribution in [0.5, 0.6) is 0 Å². The van der Waals surface area contributed by atoms with E-state index >= 15 is 0 Å². The Balaban J connectivity index is 1.78. The van der Waals surface area contributed by atoms with Crippen LogP contribution in [0, 0.1) is 11.3 Å². The maximum atomic E-state index is 3.89. The molecule has 21 heavy (non-hydrogen) atoms. The fourth-order valence-electron chi connectivity index (χ4n) is 3.83. The van der Waals surface area contributed by atoms with Gasteiger partial charge in [0.1, 0.15) is 0 Å². The molecule has 2 fully saturated rings. The molecule has 1 aliphatic heterocycles. The number of hydrogen-bond acceptors (Lipinski definition) is 3. The standard InChI is InChI=1S/C18H37N3/c1-15(2)17(21-12-10-20(5)11-13-21)14-19-16-6-8-18(3,4)9-7-16/h15-17,19H,6-14H2,1-5H3. The van der Waals surface area contributed by atoms with Crippen LogP contribution in [0.3, 0.4) is 0 Å². The zero-order chi connectivity index (χ0) is 15.5. The van der Waals surface area contributed by atoms with E-state index in [-0.39, 0.29) is 0 Å². The first-order chi connectivity index (χ1) is 9.87. The molecule has 1 saturated carbocycles. The summed E-state index contributed by atoms with van der Waals surface area (Å²) in [5.41, 5.74) is 0.576. The van der Waals surface area contributed by atoms with Crippen molar-refractivity contribution in [2.75, 3.05) is 39.8 Å². The molecule has 3 heteroatoms. The smallest absolute Gasteiger partial charge is 0.0244 e. The lowest BCUT2D eigenvalue weighted by atomic mass is 9.75. The average molecular weight is 296 g/mol. The molecule has 1 N–H and O–H groups in total. The predicted molar refractivity (Wildman–Crippen MR) is 91.7 cm³/mol. The van der Waals surface area contributed by atoms with E-state index in [0.29, 0.717) is 11.5 Å². The van der Waals surface area contributed by atoms with E-state index in [9.17, 15) is 0 Å². The van der Waals surface area contributed by atoms with Gasteiger partial charge in [-0.05, 0) is 44.1 Å². The third-order valence-electron chi connectivity index (χ3n) is 5.73. The van der Waals surface area contributed by atoms with Gasteiger partial charge in [0, 0.05) is 44.8 Å². The lowest BCUT2D eigenvalue weighted by Crippen LogP contribution is -2.54. The number of rotatable bonds is 5. The van der Waals surface area contributed by atoms with E-state index in [1.165, 1.54) is 58.4 Å². The van der Waals surface area contributed by atoms with Crippen LogP contribution < -0.4 is 5.32 Å². The summed E-state index contributed by atoms with van der Waals surface area (Å²) in [6.07, 6.45) is 5.48. The third kappa shape index (κ3) is 5.22. The molecule has 124 valence electrons. The molecular formula is C18H37N3. The molecule has 1 unspecified atom stereocenters. The second-order valence-corrected chi connectivity index (χ2v) is 8.50. The molecule has 0 bridgehead atoms. The number of nitrogens with zero attached hydrogens (tertiary/aromatic N) is 2. The van der Waals surface area contributed by atoms with Crippen molar-refractivity contribution >= 4 is 0 Å². The first-order valence-corrected chi connectivity index (χ1v) is 9.03. The molecule has 0 aromatic rings. The topological polar surface area (TPSA) is 18.5 Å². The van der Waals surface area contributed by atoms with E-state index in [0.717, 1.165) is 12.0 Å². The van der Waals surface area contributed by atoms with Crippen LogP contribution >= 0.6 is 0 Å². The zero-order valence-electron chi connectivity index (χ0n) is 15.0. The number of hydrogen-bond donors (Lipinski definition) is 1. The second-order valence-electron chi connectivity index (χ2n) is 8.50. The molecule has 1 atom stereocenters. The normalized spacial score (nSPS) is 27.1. The van der Waals surface area contributed by atoms with Crippen LogP contribution in [0.2, 0.25) is 0 Å². The van der Waals surface area contributed by atoms with Gasteiger partial charge in [0.25, 0.3) is 0 Å². The number of piperazine rings is 1. The lowest BCUT2D eigenvalue weighted by molar-refractivity contribution is 0.0832. The summed E-state index contributed by atoms with van der Waals surface area (Å²) in [4.78, 5) is 5.16. The average Bonchev–Trinajstić information content (AvgIpc) is 2.42.